The Kier molecular flexibility index (Phi) is 7.39. The standard InChI is InChI=1S/C28H29N3O5/c1-18(26(32)31-28(17-29)13-7-4-8-14-28)36-27(33)21-16-23(30-22-10-6-5-9-20(21)22)19-11-12-24(34-2)25(15-19)35-3/h5-6,9-12,15-16,18H,4,7-8,13-14H2,1-3H3,(H,31,32). The number of amides is 1. The molecule has 4 rings (SSSR count). The third-order valence-electron chi connectivity index (χ3n) is 6.55. The first-order chi connectivity index (χ1) is 17.4. The average molecular weight is 488 g/mol. The van der Waals surface area contributed by atoms with Crippen LogP contribution in [0.25, 0.3) is 22.2 Å². The monoisotopic (exact) mass is 487 g/mol. The van der Waals surface area contributed by atoms with E-state index in [9.17, 15) is 14.9 Å². The number of nitrogens with one attached hydrogen (secondary N) is 1. The van der Waals surface area contributed by atoms with Gasteiger partial charge in [-0.1, -0.05) is 37.5 Å². The second-order valence-corrected chi connectivity index (χ2v) is 8.93. The van der Waals surface area contributed by atoms with Crippen molar-refractivity contribution in [1.82, 2.24) is 10.3 Å². The van der Waals surface area contributed by atoms with Crippen molar-refractivity contribution >= 4 is 22.8 Å². The van der Waals surface area contributed by atoms with Crippen LogP contribution in [0.3, 0.4) is 0 Å². The number of fused-ring (bicyclic) bond motifs is 1. The van der Waals surface area contributed by atoms with E-state index in [1.165, 1.54) is 6.92 Å². The lowest BCUT2D eigenvalue weighted by molar-refractivity contribution is -0.130. The highest BCUT2D eigenvalue weighted by Crippen LogP contribution is 2.33. The molecule has 1 aliphatic rings. The molecule has 8 nitrogen and oxygen atoms in total. The summed E-state index contributed by atoms with van der Waals surface area (Å²) in [5.41, 5.74) is 1.27. The van der Waals surface area contributed by atoms with E-state index < -0.39 is 23.5 Å². The third-order valence-corrected chi connectivity index (χ3v) is 6.55. The molecule has 1 unspecified atom stereocenters. The lowest BCUT2D eigenvalue weighted by Gasteiger charge is -2.32. The van der Waals surface area contributed by atoms with Gasteiger partial charge >= 0.3 is 5.97 Å². The second-order valence-electron chi connectivity index (χ2n) is 8.93. The van der Waals surface area contributed by atoms with Crippen molar-refractivity contribution in [3.63, 3.8) is 0 Å². The number of aromatic nitrogens is 1. The van der Waals surface area contributed by atoms with Crippen LogP contribution in [0.1, 0.15) is 49.4 Å². The molecule has 36 heavy (non-hydrogen) atoms. The Balaban J connectivity index is 1.62. The largest absolute Gasteiger partial charge is 0.493 e. The molecule has 0 bridgehead atoms. The highest BCUT2D eigenvalue weighted by Gasteiger charge is 2.35. The van der Waals surface area contributed by atoms with Crippen molar-refractivity contribution in [1.29, 1.82) is 5.26 Å². The Morgan fingerprint density at radius 3 is 2.44 bits per heavy atom. The molecular weight excluding hydrogens is 458 g/mol. The zero-order valence-electron chi connectivity index (χ0n) is 20.7. The Bertz CT molecular complexity index is 1320. The van der Waals surface area contributed by atoms with Gasteiger partial charge in [-0.3, -0.25) is 4.79 Å². The predicted octanol–water partition coefficient (Wildman–Crippen LogP) is 4.81. The molecule has 1 N–H and O–H groups in total. The van der Waals surface area contributed by atoms with Crippen molar-refractivity contribution in [2.24, 2.45) is 0 Å². The summed E-state index contributed by atoms with van der Waals surface area (Å²) < 4.78 is 16.3. The van der Waals surface area contributed by atoms with Crippen LogP contribution in [0, 0.1) is 11.3 Å². The molecule has 1 saturated carbocycles. The van der Waals surface area contributed by atoms with Crippen molar-refractivity contribution in [2.75, 3.05) is 14.2 Å². The van der Waals surface area contributed by atoms with Gasteiger partial charge in [-0.25, -0.2) is 9.78 Å². The van der Waals surface area contributed by atoms with Crippen molar-refractivity contribution < 1.29 is 23.8 Å². The number of hydrogen-bond acceptors (Lipinski definition) is 7. The first-order valence-electron chi connectivity index (χ1n) is 12.0. The summed E-state index contributed by atoms with van der Waals surface area (Å²) in [6.07, 6.45) is 2.93. The van der Waals surface area contributed by atoms with Gasteiger partial charge in [0.05, 0.1) is 37.1 Å². The predicted molar refractivity (Wildman–Crippen MR) is 135 cm³/mol. The summed E-state index contributed by atoms with van der Waals surface area (Å²) in [5.74, 6) is -0.0129. The fourth-order valence-corrected chi connectivity index (χ4v) is 4.52. The van der Waals surface area contributed by atoms with Crippen LogP contribution in [0.15, 0.2) is 48.5 Å². The van der Waals surface area contributed by atoms with Gasteiger partial charge in [-0.05, 0) is 50.1 Å². The topological polar surface area (TPSA) is 111 Å². The second kappa shape index (κ2) is 10.6. The van der Waals surface area contributed by atoms with E-state index in [1.54, 1.807) is 38.5 Å². The maximum atomic E-state index is 13.3. The fraction of sp³-hybridized carbons (Fsp3) is 0.357. The molecule has 1 amide bonds. The van der Waals surface area contributed by atoms with E-state index in [-0.39, 0.29) is 5.56 Å². The van der Waals surface area contributed by atoms with E-state index >= 15 is 0 Å². The van der Waals surface area contributed by atoms with Gasteiger partial charge < -0.3 is 19.5 Å². The average Bonchev–Trinajstić information content (AvgIpc) is 2.92. The lowest BCUT2D eigenvalue weighted by atomic mass is 9.83. The quantitative estimate of drug-likeness (QED) is 0.476. The smallest absolute Gasteiger partial charge is 0.339 e. The highest BCUT2D eigenvalue weighted by atomic mass is 16.5. The molecule has 0 radical (unpaired) electrons. The molecule has 1 aliphatic carbocycles. The highest BCUT2D eigenvalue weighted by molar-refractivity contribution is 6.05. The minimum absolute atomic E-state index is 0.290. The zero-order chi connectivity index (χ0) is 25.7. The van der Waals surface area contributed by atoms with Crippen LogP contribution < -0.4 is 14.8 Å². The maximum absolute atomic E-state index is 13.3. The molecule has 1 aromatic heterocycles. The lowest BCUT2D eigenvalue weighted by Crippen LogP contribution is -2.52. The summed E-state index contributed by atoms with van der Waals surface area (Å²) in [6.45, 7) is 1.51. The first kappa shape index (κ1) is 25.0. The molecule has 1 heterocycles. The van der Waals surface area contributed by atoms with Crippen LogP contribution in [0.2, 0.25) is 0 Å². The Morgan fingerprint density at radius 2 is 1.75 bits per heavy atom. The number of ether oxygens (including phenoxy) is 3. The number of esters is 1. The fourth-order valence-electron chi connectivity index (χ4n) is 4.52. The zero-order valence-corrected chi connectivity index (χ0v) is 20.7. The Hall–Kier alpha value is -4.12. The molecule has 3 aromatic rings. The van der Waals surface area contributed by atoms with Crippen LogP contribution in [0.5, 0.6) is 11.5 Å². The van der Waals surface area contributed by atoms with Crippen LogP contribution in [-0.2, 0) is 9.53 Å². The van der Waals surface area contributed by atoms with Gasteiger partial charge in [-0.15, -0.1) is 0 Å². The number of nitrogens with zero attached hydrogens (tertiary/aromatic N) is 2. The van der Waals surface area contributed by atoms with Gasteiger partial charge in [-0.2, -0.15) is 5.26 Å². The summed E-state index contributed by atoms with van der Waals surface area (Å²) in [7, 11) is 3.11. The molecular formula is C28H29N3O5. The van der Waals surface area contributed by atoms with Gasteiger partial charge in [0.15, 0.2) is 17.6 Å². The Morgan fingerprint density at radius 1 is 1.03 bits per heavy atom. The summed E-state index contributed by atoms with van der Waals surface area (Å²) in [4.78, 5) is 30.8. The van der Waals surface area contributed by atoms with Crippen LogP contribution in [-0.4, -0.2) is 42.7 Å². The number of carbonyl (C=O) groups is 2. The number of benzene rings is 2. The van der Waals surface area contributed by atoms with Gasteiger partial charge in [0.2, 0.25) is 0 Å². The van der Waals surface area contributed by atoms with Crippen molar-refractivity contribution in [3.05, 3.63) is 54.1 Å². The Labute approximate surface area is 210 Å². The summed E-state index contributed by atoms with van der Waals surface area (Å²) in [6, 6.07) is 16.5. The van der Waals surface area contributed by atoms with Crippen molar-refractivity contribution in [3.8, 4) is 28.8 Å². The number of carbonyl (C=O) groups excluding carboxylic acids is 2. The number of para-hydroxylation sites is 1. The molecule has 0 aliphatic heterocycles. The van der Waals surface area contributed by atoms with Gasteiger partial charge in [0.25, 0.3) is 5.91 Å². The molecule has 8 heteroatoms. The minimum Gasteiger partial charge on any atom is -0.493 e. The van der Waals surface area contributed by atoms with Crippen molar-refractivity contribution in [2.45, 2.75) is 50.7 Å². The van der Waals surface area contributed by atoms with E-state index in [0.29, 0.717) is 40.9 Å². The van der Waals surface area contributed by atoms with Gasteiger partial charge in [0.1, 0.15) is 5.54 Å². The van der Waals surface area contributed by atoms with Crippen LogP contribution >= 0.6 is 0 Å². The summed E-state index contributed by atoms with van der Waals surface area (Å²) >= 11 is 0. The number of nitriles is 1. The van der Waals surface area contributed by atoms with E-state index in [0.717, 1.165) is 24.8 Å². The first-order valence-corrected chi connectivity index (χ1v) is 12.0. The number of rotatable bonds is 7. The molecule has 1 atom stereocenters. The van der Waals surface area contributed by atoms with E-state index in [4.69, 9.17) is 19.2 Å². The van der Waals surface area contributed by atoms with Crippen LogP contribution in [0.4, 0.5) is 0 Å². The normalized spacial score (nSPS) is 15.4. The molecule has 2 aromatic carbocycles. The number of hydrogen-bond donors (Lipinski definition) is 1. The maximum Gasteiger partial charge on any atom is 0.339 e. The minimum atomic E-state index is -1.07. The molecule has 186 valence electrons. The third kappa shape index (κ3) is 5.10. The SMILES string of the molecule is COc1ccc(-c2cc(C(=O)OC(C)C(=O)NC3(C#N)CCCCC3)c3ccccc3n2)cc1OC. The summed E-state index contributed by atoms with van der Waals surface area (Å²) in [5, 5.41) is 13.1. The van der Waals surface area contributed by atoms with Gasteiger partial charge in [0, 0.05) is 10.9 Å². The molecule has 0 saturated heterocycles. The number of methoxy groups -OCH3 is 2. The van der Waals surface area contributed by atoms with E-state index in [2.05, 4.69) is 11.4 Å². The molecule has 1 fully saturated rings. The van der Waals surface area contributed by atoms with E-state index in [1.807, 2.05) is 24.3 Å². The molecule has 0 spiro atoms. The number of pyridine rings is 1.